The van der Waals surface area contributed by atoms with Crippen LogP contribution < -0.4 is 5.32 Å². The van der Waals surface area contributed by atoms with Crippen molar-refractivity contribution in [1.29, 1.82) is 5.26 Å². The lowest BCUT2D eigenvalue weighted by Gasteiger charge is -2.19. The van der Waals surface area contributed by atoms with Crippen molar-refractivity contribution in [3.8, 4) is 6.07 Å². The van der Waals surface area contributed by atoms with Gasteiger partial charge < -0.3 is 4.74 Å². The lowest BCUT2D eigenvalue weighted by atomic mass is 10.2. The molecule has 0 bridgehead atoms. The first-order valence-corrected chi connectivity index (χ1v) is 5.81. The Kier molecular flexibility index (Phi) is 4.13. The average Bonchev–Trinajstić information content (AvgIpc) is 2.17. The third-order valence-corrected chi connectivity index (χ3v) is 2.23. The largest absolute Gasteiger partial charge is 0.444 e. The Morgan fingerprint density at radius 1 is 1.47 bits per heavy atom. The lowest BCUT2D eigenvalue weighted by molar-refractivity contribution is 0.0636. The molecule has 0 aromatic heterocycles. The fraction of sp³-hybridized carbons (Fsp3) is 0.333. The smallest absolute Gasteiger partial charge is 0.412 e. The third kappa shape index (κ3) is 4.45. The average molecular weight is 297 g/mol. The molecule has 0 unspecified atom stereocenters. The van der Waals surface area contributed by atoms with Crippen LogP contribution in [-0.2, 0) is 4.74 Å². The molecule has 0 spiro atoms. The van der Waals surface area contributed by atoms with Crippen LogP contribution in [0.4, 0.5) is 10.5 Å². The maximum absolute atomic E-state index is 11.5. The van der Waals surface area contributed by atoms with E-state index in [1.807, 2.05) is 6.07 Å². The van der Waals surface area contributed by atoms with Crippen molar-refractivity contribution < 1.29 is 9.53 Å². The fourth-order valence-corrected chi connectivity index (χ4v) is 1.49. The molecule has 1 aromatic rings. The van der Waals surface area contributed by atoms with Crippen LogP contribution in [0.15, 0.2) is 22.7 Å². The van der Waals surface area contributed by atoms with Crippen molar-refractivity contribution in [3.63, 3.8) is 0 Å². The first kappa shape index (κ1) is 13.5. The first-order valence-electron chi connectivity index (χ1n) is 5.01. The van der Waals surface area contributed by atoms with E-state index in [1.165, 1.54) is 0 Å². The summed E-state index contributed by atoms with van der Waals surface area (Å²) >= 11 is 3.26. The van der Waals surface area contributed by atoms with Gasteiger partial charge in [-0.05, 0) is 39.0 Å². The van der Waals surface area contributed by atoms with Gasteiger partial charge in [0.15, 0.2) is 0 Å². The molecule has 0 aliphatic heterocycles. The number of halogens is 1. The Bertz CT molecular complexity index is 472. The topological polar surface area (TPSA) is 62.1 Å². The van der Waals surface area contributed by atoms with Crippen LogP contribution in [0.2, 0.25) is 0 Å². The minimum Gasteiger partial charge on any atom is -0.444 e. The van der Waals surface area contributed by atoms with E-state index in [0.717, 1.165) is 4.47 Å². The van der Waals surface area contributed by atoms with E-state index in [9.17, 15) is 4.79 Å². The van der Waals surface area contributed by atoms with Crippen molar-refractivity contribution in [3.05, 3.63) is 28.2 Å². The molecule has 4 nitrogen and oxygen atoms in total. The molecular weight excluding hydrogens is 284 g/mol. The van der Waals surface area contributed by atoms with Gasteiger partial charge in [-0.15, -0.1) is 0 Å². The van der Waals surface area contributed by atoms with Crippen LogP contribution in [0.25, 0.3) is 0 Å². The molecule has 0 aliphatic rings. The van der Waals surface area contributed by atoms with Crippen molar-refractivity contribution in [2.75, 3.05) is 5.32 Å². The summed E-state index contributed by atoms with van der Waals surface area (Å²) in [5, 5.41) is 11.5. The Morgan fingerprint density at radius 2 is 2.12 bits per heavy atom. The number of nitrogens with zero attached hydrogens (tertiary/aromatic N) is 1. The van der Waals surface area contributed by atoms with E-state index in [2.05, 4.69) is 21.2 Å². The molecule has 0 heterocycles. The van der Waals surface area contributed by atoms with Crippen molar-refractivity contribution in [2.45, 2.75) is 26.4 Å². The van der Waals surface area contributed by atoms with Gasteiger partial charge in [0.1, 0.15) is 11.7 Å². The first-order chi connectivity index (χ1) is 7.81. The van der Waals surface area contributed by atoms with Gasteiger partial charge in [-0.2, -0.15) is 5.26 Å². The second-order valence-corrected chi connectivity index (χ2v) is 5.34. The molecule has 17 heavy (non-hydrogen) atoms. The summed E-state index contributed by atoms with van der Waals surface area (Å²) in [4.78, 5) is 11.5. The van der Waals surface area contributed by atoms with E-state index >= 15 is 0 Å². The molecular formula is C12H13BrN2O2. The third-order valence-electron chi connectivity index (χ3n) is 1.74. The number of ether oxygens (including phenoxy) is 1. The van der Waals surface area contributed by atoms with Crippen LogP contribution in [0.5, 0.6) is 0 Å². The summed E-state index contributed by atoms with van der Waals surface area (Å²) in [5.74, 6) is 0. The standard InChI is InChI=1S/C12H13BrN2O2/c1-12(2,3)17-11(16)15-10-5-4-9(13)6-8(10)7-14/h4-6H,1-3H3,(H,15,16). The van der Waals surface area contributed by atoms with Crippen molar-refractivity contribution >= 4 is 27.7 Å². The van der Waals surface area contributed by atoms with E-state index < -0.39 is 11.7 Å². The second kappa shape index (κ2) is 5.19. The van der Waals surface area contributed by atoms with E-state index in [0.29, 0.717) is 11.3 Å². The maximum Gasteiger partial charge on any atom is 0.412 e. The van der Waals surface area contributed by atoms with Gasteiger partial charge in [-0.3, -0.25) is 5.32 Å². The predicted molar refractivity (Wildman–Crippen MR) is 68.7 cm³/mol. The molecule has 0 atom stereocenters. The number of hydrogen-bond acceptors (Lipinski definition) is 3. The summed E-state index contributed by atoms with van der Waals surface area (Å²) in [6.07, 6.45) is -0.573. The second-order valence-electron chi connectivity index (χ2n) is 4.43. The number of rotatable bonds is 1. The quantitative estimate of drug-likeness (QED) is 0.860. The molecule has 0 fully saturated rings. The zero-order chi connectivity index (χ0) is 13.1. The zero-order valence-corrected chi connectivity index (χ0v) is 11.5. The van der Waals surface area contributed by atoms with Crippen LogP contribution in [0, 0.1) is 11.3 Å². The normalized spacial score (nSPS) is 10.5. The van der Waals surface area contributed by atoms with Crippen molar-refractivity contribution in [2.24, 2.45) is 0 Å². The Morgan fingerprint density at radius 3 is 2.65 bits per heavy atom. The number of nitrogens with one attached hydrogen (secondary N) is 1. The molecule has 1 amide bonds. The Hall–Kier alpha value is -1.54. The van der Waals surface area contributed by atoms with Gasteiger partial charge in [-0.25, -0.2) is 4.79 Å². The van der Waals surface area contributed by atoms with E-state index in [1.54, 1.807) is 39.0 Å². The van der Waals surface area contributed by atoms with Gasteiger partial charge in [-0.1, -0.05) is 15.9 Å². The number of carbonyl (C=O) groups is 1. The maximum atomic E-state index is 11.5. The predicted octanol–water partition coefficient (Wildman–Crippen LogP) is 3.67. The SMILES string of the molecule is CC(C)(C)OC(=O)Nc1ccc(Br)cc1C#N. The minimum absolute atomic E-state index is 0.380. The molecule has 1 N–H and O–H groups in total. The molecule has 90 valence electrons. The summed E-state index contributed by atoms with van der Waals surface area (Å²) in [7, 11) is 0. The summed E-state index contributed by atoms with van der Waals surface area (Å²) in [6.45, 7) is 5.33. The lowest BCUT2D eigenvalue weighted by Crippen LogP contribution is -2.27. The number of anilines is 1. The summed E-state index contributed by atoms with van der Waals surface area (Å²) in [6, 6.07) is 7.02. The highest BCUT2D eigenvalue weighted by atomic mass is 79.9. The number of carbonyl (C=O) groups excluding carboxylic acids is 1. The summed E-state index contributed by atoms with van der Waals surface area (Å²) in [5.41, 5.74) is 0.252. The Balaban J connectivity index is 2.83. The molecule has 0 aliphatic carbocycles. The monoisotopic (exact) mass is 296 g/mol. The van der Waals surface area contributed by atoms with Gasteiger partial charge >= 0.3 is 6.09 Å². The van der Waals surface area contributed by atoms with Crippen molar-refractivity contribution in [1.82, 2.24) is 0 Å². The van der Waals surface area contributed by atoms with Gasteiger partial charge in [0.25, 0.3) is 0 Å². The summed E-state index contributed by atoms with van der Waals surface area (Å²) < 4.78 is 5.88. The fourth-order valence-electron chi connectivity index (χ4n) is 1.13. The van der Waals surface area contributed by atoms with Crippen LogP contribution in [-0.4, -0.2) is 11.7 Å². The number of amides is 1. The van der Waals surface area contributed by atoms with Gasteiger partial charge in [0.05, 0.1) is 11.3 Å². The minimum atomic E-state index is -0.573. The highest BCUT2D eigenvalue weighted by Gasteiger charge is 2.17. The van der Waals surface area contributed by atoms with Crippen LogP contribution >= 0.6 is 15.9 Å². The highest BCUT2D eigenvalue weighted by Crippen LogP contribution is 2.21. The number of benzene rings is 1. The molecule has 5 heteroatoms. The zero-order valence-electron chi connectivity index (χ0n) is 9.87. The molecule has 1 rings (SSSR count). The van der Waals surface area contributed by atoms with Crippen LogP contribution in [0.1, 0.15) is 26.3 Å². The number of nitriles is 1. The van der Waals surface area contributed by atoms with Crippen LogP contribution in [0.3, 0.4) is 0 Å². The number of hydrogen-bond donors (Lipinski definition) is 1. The molecule has 0 saturated heterocycles. The van der Waals surface area contributed by atoms with E-state index in [4.69, 9.17) is 10.00 Å². The highest BCUT2D eigenvalue weighted by molar-refractivity contribution is 9.10. The molecule has 0 radical (unpaired) electrons. The van der Waals surface area contributed by atoms with Gasteiger partial charge in [0.2, 0.25) is 0 Å². The molecule has 1 aromatic carbocycles. The van der Waals surface area contributed by atoms with Gasteiger partial charge in [0, 0.05) is 4.47 Å². The Labute approximate surface area is 109 Å². The van der Waals surface area contributed by atoms with E-state index in [-0.39, 0.29) is 0 Å². The molecule has 0 saturated carbocycles.